The van der Waals surface area contributed by atoms with Crippen LogP contribution in [0.1, 0.15) is 31.1 Å². The van der Waals surface area contributed by atoms with Gasteiger partial charge in [0.25, 0.3) is 5.91 Å². The number of anilines is 1. The molecule has 0 aliphatic heterocycles. The molecule has 0 unspecified atom stereocenters. The number of methoxy groups -OCH3 is 2. The van der Waals surface area contributed by atoms with E-state index in [2.05, 4.69) is 15.3 Å². The fourth-order valence-corrected chi connectivity index (χ4v) is 4.00. The number of amides is 2. The average molecular weight is 629 g/mol. The van der Waals surface area contributed by atoms with Gasteiger partial charge in [-0.1, -0.05) is 0 Å². The Balaban J connectivity index is 1.52. The van der Waals surface area contributed by atoms with Gasteiger partial charge in [0, 0.05) is 54.8 Å². The Bertz CT molecular complexity index is 1710. The molecule has 0 radical (unpaired) electrons. The van der Waals surface area contributed by atoms with E-state index < -0.39 is 40.9 Å². The third-order valence-corrected chi connectivity index (χ3v) is 6.14. The van der Waals surface area contributed by atoms with Gasteiger partial charge in [0.2, 0.25) is 5.95 Å². The lowest BCUT2D eigenvalue weighted by Crippen LogP contribution is -2.36. The monoisotopic (exact) mass is 628 g/mol. The molecule has 0 aliphatic carbocycles. The van der Waals surface area contributed by atoms with Gasteiger partial charge in [0.15, 0.2) is 28.9 Å². The summed E-state index contributed by atoms with van der Waals surface area (Å²) < 4.78 is 70.8. The van der Waals surface area contributed by atoms with E-state index in [-0.39, 0.29) is 41.7 Å². The molecule has 0 fully saturated rings. The zero-order valence-electron chi connectivity index (χ0n) is 25.4. The summed E-state index contributed by atoms with van der Waals surface area (Å²) in [6, 6.07) is 7.16. The first-order chi connectivity index (χ1) is 21.3. The Morgan fingerprint density at radius 1 is 0.911 bits per heavy atom. The van der Waals surface area contributed by atoms with Crippen molar-refractivity contribution in [1.29, 1.82) is 0 Å². The number of ether oxygens (including phenoxy) is 5. The summed E-state index contributed by atoms with van der Waals surface area (Å²) in [4.78, 5) is 33.9. The lowest BCUT2D eigenvalue weighted by molar-refractivity contribution is 0.0277. The van der Waals surface area contributed by atoms with Crippen molar-refractivity contribution < 1.29 is 46.4 Å². The van der Waals surface area contributed by atoms with Gasteiger partial charge >= 0.3 is 6.09 Å². The number of hydrogen-bond acceptors (Lipinski definition) is 9. The number of carbonyl (C=O) groups excluding carboxylic acids is 2. The predicted octanol–water partition coefficient (Wildman–Crippen LogP) is 6.35. The van der Waals surface area contributed by atoms with Crippen molar-refractivity contribution in [2.45, 2.75) is 26.4 Å². The number of fused-ring (bicyclic) bond motifs is 1. The molecule has 2 aromatic carbocycles. The zero-order valence-corrected chi connectivity index (χ0v) is 25.4. The van der Waals surface area contributed by atoms with Crippen LogP contribution in [0.15, 0.2) is 48.8 Å². The lowest BCUT2D eigenvalue weighted by Gasteiger charge is -2.24. The van der Waals surface area contributed by atoms with Crippen molar-refractivity contribution in [3.8, 4) is 28.7 Å². The van der Waals surface area contributed by atoms with Crippen LogP contribution in [-0.2, 0) is 4.74 Å². The van der Waals surface area contributed by atoms with Gasteiger partial charge < -0.3 is 33.9 Å². The summed E-state index contributed by atoms with van der Waals surface area (Å²) in [5.41, 5.74) is -0.638. The van der Waals surface area contributed by atoms with Crippen molar-refractivity contribution in [1.82, 2.24) is 14.9 Å². The highest BCUT2D eigenvalue weighted by Gasteiger charge is 2.21. The maximum atomic E-state index is 15.1. The molecule has 4 rings (SSSR count). The van der Waals surface area contributed by atoms with Crippen molar-refractivity contribution in [2.24, 2.45) is 0 Å². The molecule has 0 aliphatic rings. The maximum Gasteiger partial charge on any atom is 0.410 e. The van der Waals surface area contributed by atoms with E-state index in [4.69, 9.17) is 23.7 Å². The second-order valence-corrected chi connectivity index (χ2v) is 10.6. The molecular formula is C31H31F3N4O7. The summed E-state index contributed by atoms with van der Waals surface area (Å²) in [7, 11) is 4.23. The SMILES string of the molecule is COc1cc2c(Oc3c(F)cc(NC(=O)c4cnc(F)cc4OC)cc3F)ccnc2cc1OCCN(C)C(=O)OC(C)(C)C. The number of halogens is 3. The van der Waals surface area contributed by atoms with Gasteiger partial charge in [0.1, 0.15) is 29.3 Å². The highest BCUT2D eigenvalue weighted by molar-refractivity contribution is 6.06. The molecule has 2 aromatic heterocycles. The zero-order chi connectivity index (χ0) is 32.9. The normalized spacial score (nSPS) is 11.1. The van der Waals surface area contributed by atoms with Crippen LogP contribution in [0.3, 0.4) is 0 Å². The number of rotatable bonds is 10. The molecular weight excluding hydrogens is 597 g/mol. The molecule has 2 amide bonds. The first-order valence-corrected chi connectivity index (χ1v) is 13.5. The summed E-state index contributed by atoms with van der Waals surface area (Å²) in [5, 5.41) is 2.69. The number of pyridine rings is 2. The minimum absolute atomic E-state index is 0.0613. The van der Waals surface area contributed by atoms with Crippen molar-refractivity contribution in [3.63, 3.8) is 0 Å². The third-order valence-electron chi connectivity index (χ3n) is 6.14. The molecule has 0 atom stereocenters. The predicted molar refractivity (Wildman–Crippen MR) is 158 cm³/mol. The fraction of sp³-hybridized carbons (Fsp3) is 0.290. The first-order valence-electron chi connectivity index (χ1n) is 13.5. The van der Waals surface area contributed by atoms with E-state index in [1.54, 1.807) is 40.0 Å². The molecule has 238 valence electrons. The van der Waals surface area contributed by atoms with Crippen molar-refractivity contribution in [3.05, 3.63) is 71.9 Å². The number of benzene rings is 2. The Hall–Kier alpha value is -5.27. The van der Waals surface area contributed by atoms with Crippen LogP contribution in [0.4, 0.5) is 23.7 Å². The molecule has 14 heteroatoms. The Morgan fingerprint density at radius 3 is 2.24 bits per heavy atom. The van der Waals surface area contributed by atoms with Crippen LogP contribution in [0.5, 0.6) is 28.7 Å². The maximum absolute atomic E-state index is 15.1. The van der Waals surface area contributed by atoms with Crippen LogP contribution in [0, 0.1) is 17.6 Å². The minimum atomic E-state index is -1.11. The van der Waals surface area contributed by atoms with Crippen molar-refractivity contribution >= 4 is 28.6 Å². The fourth-order valence-electron chi connectivity index (χ4n) is 4.00. The minimum Gasteiger partial charge on any atom is -0.496 e. The number of likely N-dealkylation sites (N-methyl/N-ethyl adjacent to an activating group) is 1. The van der Waals surface area contributed by atoms with Crippen LogP contribution >= 0.6 is 0 Å². The largest absolute Gasteiger partial charge is 0.496 e. The highest BCUT2D eigenvalue weighted by atomic mass is 19.1. The summed E-state index contributed by atoms with van der Waals surface area (Å²) in [6.07, 6.45) is 1.83. The van der Waals surface area contributed by atoms with Gasteiger partial charge in [0.05, 0.1) is 26.3 Å². The van der Waals surface area contributed by atoms with E-state index in [1.165, 1.54) is 31.4 Å². The first kappa shape index (κ1) is 32.6. The van der Waals surface area contributed by atoms with Gasteiger partial charge in [-0.05, 0) is 32.9 Å². The number of nitrogens with zero attached hydrogens (tertiary/aromatic N) is 3. The van der Waals surface area contributed by atoms with E-state index >= 15 is 8.78 Å². The molecule has 0 bridgehead atoms. The molecule has 11 nitrogen and oxygen atoms in total. The number of nitrogens with one attached hydrogen (secondary N) is 1. The summed E-state index contributed by atoms with van der Waals surface area (Å²) in [6.45, 7) is 5.63. The molecule has 0 spiro atoms. The van der Waals surface area contributed by atoms with E-state index in [1.807, 2.05) is 0 Å². The Kier molecular flexibility index (Phi) is 9.85. The standard InChI is InChI=1S/C31H31F3N4O7/c1-31(2,3)45-30(40)38(4)9-10-43-26-14-22-18(13-25(26)42-6)23(7-8-35-22)44-28-20(32)11-17(12-21(28)33)37-29(39)19-16-36-27(34)15-24(19)41-5/h7-8,11-16H,9-10H2,1-6H3,(H,37,39). The van der Waals surface area contributed by atoms with E-state index in [0.29, 0.717) is 16.7 Å². The van der Waals surface area contributed by atoms with Gasteiger partial charge in [-0.15, -0.1) is 0 Å². The molecule has 2 heterocycles. The Morgan fingerprint density at radius 2 is 1.60 bits per heavy atom. The summed E-state index contributed by atoms with van der Waals surface area (Å²) in [5.74, 6) is -4.09. The number of hydrogen-bond donors (Lipinski definition) is 1. The van der Waals surface area contributed by atoms with Gasteiger partial charge in [-0.25, -0.2) is 18.6 Å². The lowest BCUT2D eigenvalue weighted by atomic mass is 10.1. The highest BCUT2D eigenvalue weighted by Crippen LogP contribution is 2.38. The van der Waals surface area contributed by atoms with Crippen LogP contribution in [0.2, 0.25) is 0 Å². The third kappa shape index (κ3) is 8.02. The van der Waals surface area contributed by atoms with Crippen LogP contribution in [-0.4, -0.2) is 66.9 Å². The molecule has 4 aromatic rings. The topological polar surface area (TPSA) is 121 Å². The molecule has 0 saturated carbocycles. The van der Waals surface area contributed by atoms with E-state index in [9.17, 15) is 14.0 Å². The van der Waals surface area contributed by atoms with Crippen LogP contribution < -0.4 is 24.3 Å². The van der Waals surface area contributed by atoms with Gasteiger partial charge in [-0.3, -0.25) is 9.78 Å². The molecule has 1 N–H and O–H groups in total. The van der Waals surface area contributed by atoms with Crippen LogP contribution in [0.25, 0.3) is 10.9 Å². The smallest absolute Gasteiger partial charge is 0.410 e. The quantitative estimate of drug-likeness (QED) is 0.200. The number of carbonyl (C=O) groups is 2. The number of aromatic nitrogens is 2. The van der Waals surface area contributed by atoms with Gasteiger partial charge in [-0.2, -0.15) is 4.39 Å². The average Bonchev–Trinajstić information content (AvgIpc) is 2.97. The van der Waals surface area contributed by atoms with Crippen molar-refractivity contribution in [2.75, 3.05) is 39.7 Å². The Labute approximate surface area is 256 Å². The molecule has 45 heavy (non-hydrogen) atoms. The van der Waals surface area contributed by atoms with E-state index in [0.717, 1.165) is 24.4 Å². The molecule has 0 saturated heterocycles. The summed E-state index contributed by atoms with van der Waals surface area (Å²) >= 11 is 0. The second kappa shape index (κ2) is 13.6. The second-order valence-electron chi connectivity index (χ2n) is 10.6.